The third-order valence-corrected chi connectivity index (χ3v) is 4.38. The molecule has 0 aromatic heterocycles. The molecule has 0 saturated heterocycles. The maximum absolute atomic E-state index is 13.8. The molecule has 24 heavy (non-hydrogen) atoms. The van der Waals surface area contributed by atoms with Crippen molar-refractivity contribution in [3.8, 4) is 0 Å². The van der Waals surface area contributed by atoms with Crippen LogP contribution >= 0.6 is 12.2 Å². The highest BCUT2D eigenvalue weighted by Crippen LogP contribution is 2.16. The van der Waals surface area contributed by atoms with Crippen LogP contribution in [0, 0.1) is 11.6 Å². The van der Waals surface area contributed by atoms with E-state index in [0.717, 1.165) is 32.0 Å². The molecule has 1 aromatic carbocycles. The Hall–Kier alpha value is -1.23. The van der Waals surface area contributed by atoms with Crippen molar-refractivity contribution in [2.75, 3.05) is 18.4 Å². The summed E-state index contributed by atoms with van der Waals surface area (Å²) in [5.74, 6) is -1.20. The van der Waals surface area contributed by atoms with Crippen LogP contribution in [0.2, 0.25) is 0 Å². The minimum atomic E-state index is -0.616. The number of unbranched alkanes of at least 4 members (excludes halogenated alkanes) is 6. The molecule has 0 heterocycles. The van der Waals surface area contributed by atoms with Gasteiger partial charge in [-0.3, -0.25) is 0 Å². The summed E-state index contributed by atoms with van der Waals surface area (Å²) in [6.45, 7) is 6.12. The van der Waals surface area contributed by atoms with Crippen LogP contribution in [0.25, 0.3) is 0 Å². The largest absolute Gasteiger partial charge is 0.349 e. The Balaban J connectivity index is 2.59. The van der Waals surface area contributed by atoms with Crippen LogP contribution in [0.3, 0.4) is 0 Å². The van der Waals surface area contributed by atoms with Crippen molar-refractivity contribution in [2.45, 2.75) is 65.2 Å². The average Bonchev–Trinajstić information content (AvgIpc) is 2.56. The molecule has 0 bridgehead atoms. The lowest BCUT2D eigenvalue weighted by Crippen LogP contribution is -2.36. The molecule has 0 aliphatic carbocycles. The Morgan fingerprint density at radius 1 is 0.958 bits per heavy atom. The summed E-state index contributed by atoms with van der Waals surface area (Å²) in [4.78, 5) is 2.11. The molecule has 1 rings (SSSR count). The second kappa shape index (κ2) is 12.2. The first kappa shape index (κ1) is 20.8. The number of nitrogens with one attached hydrogen (secondary N) is 1. The van der Waals surface area contributed by atoms with Gasteiger partial charge in [0.2, 0.25) is 0 Å². The lowest BCUT2D eigenvalue weighted by Gasteiger charge is -2.26. The van der Waals surface area contributed by atoms with Crippen LogP contribution in [0.15, 0.2) is 18.2 Å². The fourth-order valence-electron chi connectivity index (χ4n) is 2.56. The molecule has 1 N–H and O–H groups in total. The summed E-state index contributed by atoms with van der Waals surface area (Å²) >= 11 is 5.46. The standard InChI is InChI=1S/C19H30F2N2S/c1-3-5-7-9-13-23(14-10-8-6-4-2)19(24)22-18-12-11-16(20)15-17(18)21/h11-12,15H,3-10,13-14H2,1-2H3,(H,22,24). The zero-order valence-electron chi connectivity index (χ0n) is 14.9. The van der Waals surface area contributed by atoms with Crippen LogP contribution in [-0.4, -0.2) is 23.1 Å². The van der Waals surface area contributed by atoms with Crippen molar-refractivity contribution >= 4 is 23.0 Å². The maximum atomic E-state index is 13.8. The molecule has 0 unspecified atom stereocenters. The third kappa shape index (κ3) is 8.04. The fraction of sp³-hybridized carbons (Fsp3) is 0.632. The van der Waals surface area contributed by atoms with Gasteiger partial charge in [-0.15, -0.1) is 0 Å². The van der Waals surface area contributed by atoms with E-state index < -0.39 is 11.6 Å². The summed E-state index contributed by atoms with van der Waals surface area (Å²) in [6.07, 6.45) is 9.34. The van der Waals surface area contributed by atoms with Crippen molar-refractivity contribution in [3.05, 3.63) is 29.8 Å². The van der Waals surface area contributed by atoms with E-state index in [2.05, 4.69) is 24.1 Å². The van der Waals surface area contributed by atoms with Gasteiger partial charge in [0.05, 0.1) is 5.69 Å². The molecular weight excluding hydrogens is 326 g/mol. The zero-order chi connectivity index (χ0) is 17.8. The van der Waals surface area contributed by atoms with Crippen molar-refractivity contribution in [1.29, 1.82) is 0 Å². The van der Waals surface area contributed by atoms with Crippen molar-refractivity contribution < 1.29 is 8.78 Å². The lowest BCUT2D eigenvalue weighted by atomic mass is 10.2. The van der Waals surface area contributed by atoms with Gasteiger partial charge in [-0.05, 0) is 37.2 Å². The van der Waals surface area contributed by atoms with E-state index in [-0.39, 0.29) is 5.69 Å². The van der Waals surface area contributed by atoms with Crippen LogP contribution in [0.5, 0.6) is 0 Å². The Morgan fingerprint density at radius 3 is 2.04 bits per heavy atom. The summed E-state index contributed by atoms with van der Waals surface area (Å²) in [5.41, 5.74) is 0.230. The number of hydrogen-bond acceptors (Lipinski definition) is 1. The van der Waals surface area contributed by atoms with Gasteiger partial charge in [0, 0.05) is 19.2 Å². The third-order valence-electron chi connectivity index (χ3n) is 4.02. The molecule has 0 radical (unpaired) electrons. The molecule has 136 valence electrons. The van der Waals surface area contributed by atoms with Crippen LogP contribution in [0.1, 0.15) is 65.2 Å². The molecule has 0 aliphatic rings. The van der Waals surface area contributed by atoms with Gasteiger partial charge in [0.25, 0.3) is 0 Å². The zero-order valence-corrected chi connectivity index (χ0v) is 15.7. The van der Waals surface area contributed by atoms with Crippen LogP contribution in [0.4, 0.5) is 14.5 Å². The van der Waals surface area contributed by atoms with E-state index in [1.54, 1.807) is 0 Å². The number of hydrogen-bond donors (Lipinski definition) is 1. The molecular formula is C19H30F2N2S. The molecule has 1 aromatic rings. The number of anilines is 1. The first-order chi connectivity index (χ1) is 11.6. The number of halogens is 2. The number of thiocarbonyl (C=S) groups is 1. The maximum Gasteiger partial charge on any atom is 0.173 e. The smallest absolute Gasteiger partial charge is 0.173 e. The van der Waals surface area contributed by atoms with E-state index in [1.165, 1.54) is 50.7 Å². The van der Waals surface area contributed by atoms with Gasteiger partial charge >= 0.3 is 0 Å². The average molecular weight is 357 g/mol. The van der Waals surface area contributed by atoms with Gasteiger partial charge in [0.1, 0.15) is 11.6 Å². The van der Waals surface area contributed by atoms with Crippen molar-refractivity contribution in [2.24, 2.45) is 0 Å². The van der Waals surface area contributed by atoms with Gasteiger partial charge in [0.15, 0.2) is 5.11 Å². The first-order valence-corrected chi connectivity index (χ1v) is 9.50. The predicted octanol–water partition coefficient (Wildman–Crippen LogP) is 6.12. The second-order valence-corrected chi connectivity index (χ2v) is 6.55. The molecule has 0 amide bonds. The molecule has 0 saturated carbocycles. The molecule has 0 atom stereocenters. The van der Waals surface area contributed by atoms with Crippen LogP contribution < -0.4 is 5.32 Å². The quantitative estimate of drug-likeness (QED) is 0.379. The van der Waals surface area contributed by atoms with E-state index in [0.29, 0.717) is 5.11 Å². The van der Waals surface area contributed by atoms with Crippen molar-refractivity contribution in [1.82, 2.24) is 4.90 Å². The van der Waals surface area contributed by atoms with Gasteiger partial charge < -0.3 is 10.2 Å². The van der Waals surface area contributed by atoms with E-state index in [4.69, 9.17) is 12.2 Å². The number of rotatable bonds is 11. The van der Waals surface area contributed by atoms with E-state index >= 15 is 0 Å². The molecule has 0 fully saturated rings. The van der Waals surface area contributed by atoms with Crippen LogP contribution in [-0.2, 0) is 0 Å². The molecule has 0 aliphatic heterocycles. The van der Waals surface area contributed by atoms with E-state index in [9.17, 15) is 8.78 Å². The Labute approximate surface area is 150 Å². The van der Waals surface area contributed by atoms with Gasteiger partial charge in [-0.1, -0.05) is 52.4 Å². The minimum absolute atomic E-state index is 0.230. The molecule has 5 heteroatoms. The second-order valence-electron chi connectivity index (χ2n) is 6.16. The monoisotopic (exact) mass is 356 g/mol. The summed E-state index contributed by atoms with van der Waals surface area (Å²) in [7, 11) is 0. The minimum Gasteiger partial charge on any atom is -0.349 e. The highest BCUT2D eigenvalue weighted by molar-refractivity contribution is 7.80. The Bertz CT molecular complexity index is 482. The summed E-state index contributed by atoms with van der Waals surface area (Å²) in [6, 6.07) is 3.50. The lowest BCUT2D eigenvalue weighted by molar-refractivity contribution is 0.391. The summed E-state index contributed by atoms with van der Waals surface area (Å²) in [5, 5.41) is 3.46. The number of benzene rings is 1. The molecule has 2 nitrogen and oxygen atoms in total. The normalized spacial score (nSPS) is 10.7. The van der Waals surface area contributed by atoms with Gasteiger partial charge in [-0.2, -0.15) is 0 Å². The highest BCUT2D eigenvalue weighted by Gasteiger charge is 2.12. The predicted molar refractivity (Wildman–Crippen MR) is 102 cm³/mol. The highest BCUT2D eigenvalue weighted by atomic mass is 32.1. The number of nitrogens with zero attached hydrogens (tertiary/aromatic N) is 1. The Morgan fingerprint density at radius 2 is 1.54 bits per heavy atom. The van der Waals surface area contributed by atoms with E-state index in [1.807, 2.05) is 0 Å². The SMILES string of the molecule is CCCCCCN(CCCCCC)C(=S)Nc1ccc(F)cc1F. The Kier molecular flexibility index (Phi) is 10.6. The summed E-state index contributed by atoms with van der Waals surface area (Å²) < 4.78 is 26.8. The molecule has 0 spiro atoms. The topological polar surface area (TPSA) is 15.3 Å². The van der Waals surface area contributed by atoms with Crippen molar-refractivity contribution in [3.63, 3.8) is 0 Å². The van der Waals surface area contributed by atoms with Gasteiger partial charge in [-0.25, -0.2) is 8.78 Å². The first-order valence-electron chi connectivity index (χ1n) is 9.09. The fourth-order valence-corrected chi connectivity index (χ4v) is 2.85.